The van der Waals surface area contributed by atoms with Crippen LogP contribution in [-0.4, -0.2) is 42.4 Å². The number of benzene rings is 1. The highest BCUT2D eigenvalue weighted by atomic mass is 19.2. The first-order valence-electron chi connectivity index (χ1n) is 7.73. The summed E-state index contributed by atoms with van der Waals surface area (Å²) in [4.78, 5) is 25.8. The molecular weight excluding hydrogens is 304 g/mol. The quantitative estimate of drug-likeness (QED) is 0.826. The summed E-state index contributed by atoms with van der Waals surface area (Å²) in [6, 6.07) is 3.07. The lowest BCUT2D eigenvalue weighted by atomic mass is 10.1. The number of nitrogens with one attached hydrogen (secondary N) is 2. The van der Waals surface area contributed by atoms with Gasteiger partial charge >= 0.3 is 0 Å². The van der Waals surface area contributed by atoms with Gasteiger partial charge in [0.1, 0.15) is 0 Å². The Labute approximate surface area is 134 Å². The minimum Gasteiger partial charge on any atom is -0.356 e. The first-order valence-corrected chi connectivity index (χ1v) is 7.73. The normalized spacial score (nSPS) is 18.6. The topological polar surface area (TPSA) is 61.4 Å². The van der Waals surface area contributed by atoms with Gasteiger partial charge in [-0.05, 0) is 24.1 Å². The van der Waals surface area contributed by atoms with Crippen LogP contribution in [0.4, 0.5) is 8.78 Å². The highest BCUT2D eigenvalue weighted by Gasteiger charge is 2.31. The molecule has 1 aromatic carbocycles. The van der Waals surface area contributed by atoms with Gasteiger partial charge < -0.3 is 10.6 Å². The van der Waals surface area contributed by atoms with Gasteiger partial charge in [0.05, 0.1) is 12.5 Å². The summed E-state index contributed by atoms with van der Waals surface area (Å²) in [5, 5.41) is 5.48. The molecule has 0 aliphatic carbocycles. The molecule has 5 nitrogen and oxygen atoms in total. The largest absolute Gasteiger partial charge is 0.356 e. The van der Waals surface area contributed by atoms with Gasteiger partial charge in [-0.15, -0.1) is 0 Å². The highest BCUT2D eigenvalue weighted by molar-refractivity contribution is 5.88. The van der Waals surface area contributed by atoms with Crippen molar-refractivity contribution in [3.8, 4) is 0 Å². The molecule has 2 amide bonds. The fourth-order valence-corrected chi connectivity index (χ4v) is 2.56. The molecule has 1 saturated heterocycles. The minimum atomic E-state index is -0.916. The van der Waals surface area contributed by atoms with Crippen LogP contribution < -0.4 is 10.6 Å². The number of amides is 2. The summed E-state index contributed by atoms with van der Waals surface area (Å²) in [5.41, 5.74) is 0.567. The number of hydrogen-bond donors (Lipinski definition) is 2. The lowest BCUT2D eigenvalue weighted by Crippen LogP contribution is -2.56. The molecule has 1 aromatic rings. The number of carbonyl (C=O) groups is 2. The summed E-state index contributed by atoms with van der Waals surface area (Å²) in [5.74, 6) is -2.23. The third-order valence-corrected chi connectivity index (χ3v) is 3.76. The van der Waals surface area contributed by atoms with Crippen molar-refractivity contribution in [1.29, 1.82) is 0 Å². The van der Waals surface area contributed by atoms with Gasteiger partial charge in [0.15, 0.2) is 11.6 Å². The SMILES string of the molecule is CCCNC(=O)C[C@@H]1C(=O)NCCN1Cc1ccc(F)c(F)c1. The van der Waals surface area contributed by atoms with Crippen molar-refractivity contribution in [3.05, 3.63) is 35.4 Å². The number of piperazine rings is 1. The van der Waals surface area contributed by atoms with Crippen molar-refractivity contribution < 1.29 is 18.4 Å². The van der Waals surface area contributed by atoms with Crippen molar-refractivity contribution in [2.24, 2.45) is 0 Å². The second-order valence-electron chi connectivity index (χ2n) is 5.58. The summed E-state index contributed by atoms with van der Waals surface area (Å²) in [6.07, 6.45) is 0.872. The fraction of sp³-hybridized carbons (Fsp3) is 0.500. The monoisotopic (exact) mass is 325 g/mol. The Kier molecular flexibility index (Phi) is 6.04. The van der Waals surface area contributed by atoms with Crippen LogP contribution in [0.1, 0.15) is 25.3 Å². The molecule has 0 spiro atoms. The second kappa shape index (κ2) is 8.01. The zero-order chi connectivity index (χ0) is 16.8. The molecule has 0 radical (unpaired) electrons. The maximum atomic E-state index is 13.3. The van der Waals surface area contributed by atoms with Crippen LogP contribution in [0.3, 0.4) is 0 Å². The molecule has 0 aromatic heterocycles. The van der Waals surface area contributed by atoms with Gasteiger partial charge in [-0.2, -0.15) is 0 Å². The zero-order valence-electron chi connectivity index (χ0n) is 13.1. The lowest BCUT2D eigenvalue weighted by molar-refractivity contribution is -0.134. The summed E-state index contributed by atoms with van der Waals surface area (Å²) >= 11 is 0. The van der Waals surface area contributed by atoms with E-state index >= 15 is 0 Å². The molecule has 0 bridgehead atoms. The summed E-state index contributed by atoms with van der Waals surface area (Å²) in [6.45, 7) is 3.82. The zero-order valence-corrected chi connectivity index (χ0v) is 13.1. The Hall–Kier alpha value is -2.02. The Balaban J connectivity index is 2.05. The van der Waals surface area contributed by atoms with Crippen LogP contribution in [0, 0.1) is 11.6 Å². The van der Waals surface area contributed by atoms with Gasteiger partial charge in [0, 0.05) is 26.2 Å². The van der Waals surface area contributed by atoms with E-state index in [-0.39, 0.29) is 24.8 Å². The Morgan fingerprint density at radius 2 is 2.17 bits per heavy atom. The van der Waals surface area contributed by atoms with Crippen LogP contribution in [0.5, 0.6) is 0 Å². The standard InChI is InChI=1S/C16H21F2N3O2/c1-2-5-19-15(22)9-14-16(23)20-6-7-21(14)10-11-3-4-12(17)13(18)8-11/h3-4,8,14H,2,5-7,9-10H2,1H3,(H,19,22)(H,20,23)/t14-/m1/s1. The van der Waals surface area contributed by atoms with Crippen LogP contribution in [0.2, 0.25) is 0 Å². The summed E-state index contributed by atoms with van der Waals surface area (Å²) in [7, 11) is 0. The van der Waals surface area contributed by atoms with Crippen LogP contribution in [0.25, 0.3) is 0 Å². The van der Waals surface area contributed by atoms with E-state index in [4.69, 9.17) is 0 Å². The van der Waals surface area contributed by atoms with Crippen molar-refractivity contribution >= 4 is 11.8 Å². The lowest BCUT2D eigenvalue weighted by Gasteiger charge is -2.34. The third kappa shape index (κ3) is 4.72. The first kappa shape index (κ1) is 17.3. The maximum Gasteiger partial charge on any atom is 0.237 e. The molecule has 2 N–H and O–H groups in total. The predicted octanol–water partition coefficient (Wildman–Crippen LogP) is 1.18. The second-order valence-corrected chi connectivity index (χ2v) is 5.58. The van der Waals surface area contributed by atoms with E-state index in [0.717, 1.165) is 18.6 Å². The van der Waals surface area contributed by atoms with Gasteiger partial charge in [-0.25, -0.2) is 8.78 Å². The Morgan fingerprint density at radius 3 is 2.87 bits per heavy atom. The first-order chi connectivity index (χ1) is 11.0. The van der Waals surface area contributed by atoms with E-state index in [0.29, 0.717) is 25.2 Å². The van der Waals surface area contributed by atoms with E-state index < -0.39 is 17.7 Å². The minimum absolute atomic E-state index is 0.0511. The smallest absolute Gasteiger partial charge is 0.237 e. The maximum absolute atomic E-state index is 13.3. The van der Waals surface area contributed by atoms with Gasteiger partial charge in [0.2, 0.25) is 11.8 Å². The number of rotatable bonds is 6. The van der Waals surface area contributed by atoms with Crippen molar-refractivity contribution in [3.63, 3.8) is 0 Å². The Morgan fingerprint density at radius 1 is 1.39 bits per heavy atom. The molecule has 1 aliphatic rings. The van der Waals surface area contributed by atoms with Crippen LogP contribution in [0.15, 0.2) is 18.2 Å². The van der Waals surface area contributed by atoms with E-state index in [1.54, 1.807) is 0 Å². The third-order valence-electron chi connectivity index (χ3n) is 3.76. The van der Waals surface area contributed by atoms with Gasteiger partial charge in [-0.3, -0.25) is 14.5 Å². The number of carbonyl (C=O) groups excluding carboxylic acids is 2. The van der Waals surface area contributed by atoms with Gasteiger partial charge in [0.25, 0.3) is 0 Å². The molecule has 1 fully saturated rings. The Bertz CT molecular complexity index is 580. The van der Waals surface area contributed by atoms with E-state index in [9.17, 15) is 18.4 Å². The average molecular weight is 325 g/mol. The molecule has 0 saturated carbocycles. The van der Waals surface area contributed by atoms with E-state index in [2.05, 4.69) is 10.6 Å². The van der Waals surface area contributed by atoms with Crippen molar-refractivity contribution in [2.45, 2.75) is 32.4 Å². The molecule has 1 aliphatic heterocycles. The number of hydrogen-bond acceptors (Lipinski definition) is 3. The molecule has 1 heterocycles. The molecule has 7 heteroatoms. The predicted molar refractivity (Wildman–Crippen MR) is 81.5 cm³/mol. The van der Waals surface area contributed by atoms with E-state index in [1.807, 2.05) is 11.8 Å². The van der Waals surface area contributed by atoms with Gasteiger partial charge in [-0.1, -0.05) is 13.0 Å². The molecular formula is C16H21F2N3O2. The van der Waals surface area contributed by atoms with Crippen molar-refractivity contribution in [2.75, 3.05) is 19.6 Å². The molecule has 126 valence electrons. The average Bonchev–Trinajstić information content (AvgIpc) is 2.52. The van der Waals surface area contributed by atoms with Crippen LogP contribution in [-0.2, 0) is 16.1 Å². The molecule has 2 rings (SSSR count). The fourth-order valence-electron chi connectivity index (χ4n) is 2.56. The van der Waals surface area contributed by atoms with Crippen molar-refractivity contribution in [1.82, 2.24) is 15.5 Å². The molecule has 0 unspecified atom stereocenters. The molecule has 1 atom stereocenters. The highest BCUT2D eigenvalue weighted by Crippen LogP contribution is 2.16. The van der Waals surface area contributed by atoms with Crippen LogP contribution >= 0.6 is 0 Å². The molecule has 23 heavy (non-hydrogen) atoms. The number of nitrogens with zero attached hydrogens (tertiary/aromatic N) is 1. The number of halogens is 2. The summed E-state index contributed by atoms with van der Waals surface area (Å²) < 4.78 is 26.3. The van der Waals surface area contributed by atoms with E-state index in [1.165, 1.54) is 6.07 Å².